The third-order valence-electron chi connectivity index (χ3n) is 1.63. The molecule has 1 rings (SSSR count). The summed E-state index contributed by atoms with van der Waals surface area (Å²) in [5.41, 5.74) is 0.701. The van der Waals surface area contributed by atoms with Crippen molar-refractivity contribution in [1.29, 1.82) is 5.26 Å². The van der Waals surface area contributed by atoms with E-state index in [9.17, 15) is 0 Å². The Morgan fingerprint density at radius 3 is 2.38 bits per heavy atom. The molecule has 1 aromatic rings. The molecule has 0 unspecified atom stereocenters. The SMILES string of the molecule is CN(CC#N)c1c(Cl)cccc1Cl. The molecule has 1 aromatic carbocycles. The van der Waals surface area contributed by atoms with Crippen LogP contribution in [0.1, 0.15) is 0 Å². The zero-order chi connectivity index (χ0) is 9.84. The van der Waals surface area contributed by atoms with Gasteiger partial charge in [0.15, 0.2) is 0 Å². The summed E-state index contributed by atoms with van der Waals surface area (Å²) in [6.07, 6.45) is 0. The molecule has 0 amide bonds. The van der Waals surface area contributed by atoms with E-state index in [4.69, 9.17) is 28.5 Å². The molecular weight excluding hydrogens is 207 g/mol. The molecule has 68 valence electrons. The van der Waals surface area contributed by atoms with E-state index in [1.165, 1.54) is 0 Å². The Hall–Kier alpha value is -0.910. The van der Waals surface area contributed by atoms with Crippen LogP contribution in [0.5, 0.6) is 0 Å². The van der Waals surface area contributed by atoms with Gasteiger partial charge in [-0.05, 0) is 12.1 Å². The second-order valence-electron chi connectivity index (χ2n) is 2.58. The lowest BCUT2D eigenvalue weighted by Gasteiger charge is -2.17. The fourth-order valence-corrected chi connectivity index (χ4v) is 1.72. The number of benzene rings is 1. The first-order chi connectivity index (χ1) is 6.16. The van der Waals surface area contributed by atoms with Crippen molar-refractivity contribution in [3.05, 3.63) is 28.2 Å². The minimum atomic E-state index is 0.267. The van der Waals surface area contributed by atoms with Crippen LogP contribution in [-0.2, 0) is 0 Å². The van der Waals surface area contributed by atoms with Gasteiger partial charge in [-0.3, -0.25) is 0 Å². The third kappa shape index (κ3) is 2.27. The Bertz CT molecular complexity index is 324. The number of para-hydroxylation sites is 1. The summed E-state index contributed by atoms with van der Waals surface area (Å²) in [4.78, 5) is 1.71. The maximum atomic E-state index is 8.50. The van der Waals surface area contributed by atoms with Crippen molar-refractivity contribution in [3.8, 4) is 6.07 Å². The van der Waals surface area contributed by atoms with Crippen molar-refractivity contribution in [1.82, 2.24) is 0 Å². The van der Waals surface area contributed by atoms with Crippen LogP contribution in [0.15, 0.2) is 18.2 Å². The predicted octanol–water partition coefficient (Wildman–Crippen LogP) is 2.95. The molecule has 0 spiro atoms. The summed E-state index contributed by atoms with van der Waals surface area (Å²) < 4.78 is 0. The van der Waals surface area contributed by atoms with E-state index >= 15 is 0 Å². The van der Waals surface area contributed by atoms with Gasteiger partial charge in [-0.2, -0.15) is 5.26 Å². The highest BCUT2D eigenvalue weighted by molar-refractivity contribution is 6.39. The highest BCUT2D eigenvalue weighted by Crippen LogP contribution is 2.32. The first-order valence-corrected chi connectivity index (χ1v) is 4.44. The highest BCUT2D eigenvalue weighted by atomic mass is 35.5. The van der Waals surface area contributed by atoms with Gasteiger partial charge in [0.05, 0.1) is 21.8 Å². The van der Waals surface area contributed by atoms with E-state index in [0.717, 1.165) is 0 Å². The van der Waals surface area contributed by atoms with Crippen molar-refractivity contribution in [2.24, 2.45) is 0 Å². The largest absolute Gasteiger partial charge is 0.359 e. The molecule has 0 aromatic heterocycles. The van der Waals surface area contributed by atoms with E-state index < -0.39 is 0 Å². The third-order valence-corrected chi connectivity index (χ3v) is 2.24. The second kappa shape index (κ2) is 4.36. The molecule has 0 radical (unpaired) electrons. The minimum absolute atomic E-state index is 0.267. The van der Waals surface area contributed by atoms with E-state index in [0.29, 0.717) is 15.7 Å². The molecule has 0 aliphatic carbocycles. The van der Waals surface area contributed by atoms with E-state index in [1.54, 1.807) is 30.1 Å². The average molecular weight is 215 g/mol. The van der Waals surface area contributed by atoms with Crippen molar-refractivity contribution in [2.75, 3.05) is 18.5 Å². The van der Waals surface area contributed by atoms with E-state index in [1.807, 2.05) is 6.07 Å². The number of hydrogen-bond donors (Lipinski definition) is 0. The molecule has 0 saturated carbocycles. The van der Waals surface area contributed by atoms with E-state index in [-0.39, 0.29) is 6.54 Å². The van der Waals surface area contributed by atoms with Gasteiger partial charge in [0, 0.05) is 7.05 Å². The summed E-state index contributed by atoms with van der Waals surface area (Å²) in [5, 5.41) is 9.62. The highest BCUT2D eigenvalue weighted by Gasteiger charge is 2.09. The minimum Gasteiger partial charge on any atom is -0.359 e. The summed E-state index contributed by atoms with van der Waals surface area (Å²) in [7, 11) is 1.77. The van der Waals surface area contributed by atoms with Crippen LogP contribution in [0, 0.1) is 11.3 Å². The molecule has 4 heteroatoms. The van der Waals surface area contributed by atoms with Crippen LogP contribution in [-0.4, -0.2) is 13.6 Å². The number of halogens is 2. The first-order valence-electron chi connectivity index (χ1n) is 3.69. The number of nitriles is 1. The molecule has 0 heterocycles. The number of anilines is 1. The normalized spacial score (nSPS) is 9.38. The Labute approximate surface area is 87.3 Å². The molecule has 0 aliphatic heterocycles. The second-order valence-corrected chi connectivity index (χ2v) is 3.40. The predicted molar refractivity (Wildman–Crippen MR) is 55.3 cm³/mol. The summed E-state index contributed by atoms with van der Waals surface area (Å²) in [6, 6.07) is 7.29. The zero-order valence-corrected chi connectivity index (χ0v) is 8.60. The quantitative estimate of drug-likeness (QED) is 0.709. The van der Waals surface area contributed by atoms with Crippen LogP contribution in [0.2, 0.25) is 10.0 Å². The van der Waals surface area contributed by atoms with Crippen LogP contribution in [0.3, 0.4) is 0 Å². The van der Waals surface area contributed by atoms with Gasteiger partial charge in [0.25, 0.3) is 0 Å². The maximum absolute atomic E-state index is 8.50. The Morgan fingerprint density at radius 1 is 1.38 bits per heavy atom. The maximum Gasteiger partial charge on any atom is 0.105 e. The smallest absolute Gasteiger partial charge is 0.105 e. The Balaban J connectivity index is 3.06. The molecule has 0 aliphatic rings. The molecule has 0 bridgehead atoms. The van der Waals surface area contributed by atoms with Crippen LogP contribution in [0.4, 0.5) is 5.69 Å². The fraction of sp³-hybridized carbons (Fsp3) is 0.222. The van der Waals surface area contributed by atoms with Gasteiger partial charge in [-0.15, -0.1) is 0 Å². The van der Waals surface area contributed by atoms with Crippen molar-refractivity contribution < 1.29 is 0 Å². The standard InChI is InChI=1S/C9H8Cl2N2/c1-13(6-5-12)9-7(10)3-2-4-8(9)11/h2-4H,6H2,1H3. The average Bonchev–Trinajstić information content (AvgIpc) is 2.04. The molecule has 2 nitrogen and oxygen atoms in total. The lowest BCUT2D eigenvalue weighted by Crippen LogP contribution is -2.17. The van der Waals surface area contributed by atoms with Crippen molar-refractivity contribution in [2.45, 2.75) is 0 Å². The summed E-state index contributed by atoms with van der Waals surface area (Å²) >= 11 is 11.8. The van der Waals surface area contributed by atoms with Gasteiger partial charge in [-0.25, -0.2) is 0 Å². The van der Waals surface area contributed by atoms with Gasteiger partial charge in [-0.1, -0.05) is 29.3 Å². The molecule has 0 N–H and O–H groups in total. The molecular formula is C9H8Cl2N2. The topological polar surface area (TPSA) is 27.0 Å². The number of nitrogens with zero attached hydrogens (tertiary/aromatic N) is 2. The lowest BCUT2D eigenvalue weighted by molar-refractivity contribution is 1.04. The number of hydrogen-bond acceptors (Lipinski definition) is 2. The van der Waals surface area contributed by atoms with Crippen LogP contribution < -0.4 is 4.90 Å². The van der Waals surface area contributed by atoms with Gasteiger partial charge in [0.1, 0.15) is 6.54 Å². The van der Waals surface area contributed by atoms with Gasteiger partial charge in [0.2, 0.25) is 0 Å². The molecule has 0 atom stereocenters. The van der Waals surface area contributed by atoms with Crippen LogP contribution in [0.25, 0.3) is 0 Å². The van der Waals surface area contributed by atoms with Crippen LogP contribution >= 0.6 is 23.2 Å². The van der Waals surface area contributed by atoms with Crippen molar-refractivity contribution in [3.63, 3.8) is 0 Å². The molecule has 0 fully saturated rings. The lowest BCUT2D eigenvalue weighted by atomic mass is 10.3. The molecule has 13 heavy (non-hydrogen) atoms. The first kappa shape index (κ1) is 10.2. The zero-order valence-electron chi connectivity index (χ0n) is 7.09. The summed E-state index contributed by atoms with van der Waals surface area (Å²) in [6.45, 7) is 0.267. The van der Waals surface area contributed by atoms with Gasteiger partial charge >= 0.3 is 0 Å². The number of rotatable bonds is 2. The van der Waals surface area contributed by atoms with Crippen molar-refractivity contribution >= 4 is 28.9 Å². The summed E-state index contributed by atoms with van der Waals surface area (Å²) in [5.74, 6) is 0. The Kier molecular flexibility index (Phi) is 3.41. The van der Waals surface area contributed by atoms with Gasteiger partial charge < -0.3 is 4.90 Å². The molecule has 0 saturated heterocycles. The Morgan fingerprint density at radius 2 is 1.92 bits per heavy atom. The van der Waals surface area contributed by atoms with E-state index in [2.05, 4.69) is 0 Å². The fourth-order valence-electron chi connectivity index (χ4n) is 1.04. The monoisotopic (exact) mass is 214 g/mol.